The second-order valence-electron chi connectivity index (χ2n) is 6.79. The highest BCUT2D eigenvalue weighted by molar-refractivity contribution is 5.94. The number of halogens is 1. The average Bonchev–Trinajstić information content (AvgIpc) is 2.96. The number of ether oxygens (including phenoxy) is 1. The van der Waals surface area contributed by atoms with E-state index in [4.69, 9.17) is 4.74 Å². The molecule has 0 atom stereocenters. The molecule has 1 aliphatic rings. The number of hydrogen-bond acceptors (Lipinski definition) is 3. The van der Waals surface area contributed by atoms with Crippen molar-refractivity contribution < 1.29 is 18.7 Å². The second kappa shape index (κ2) is 9.35. The fourth-order valence-electron chi connectivity index (χ4n) is 3.30. The van der Waals surface area contributed by atoms with Crippen LogP contribution < -0.4 is 4.74 Å². The van der Waals surface area contributed by atoms with Gasteiger partial charge in [-0.25, -0.2) is 4.39 Å². The van der Waals surface area contributed by atoms with Crippen LogP contribution in [0.5, 0.6) is 5.75 Å². The Morgan fingerprint density at radius 1 is 0.929 bits per heavy atom. The molecule has 28 heavy (non-hydrogen) atoms. The number of nitrogens with zero attached hydrogens (tertiary/aromatic N) is 2. The zero-order valence-electron chi connectivity index (χ0n) is 16.1. The minimum atomic E-state index is -0.311. The van der Waals surface area contributed by atoms with E-state index in [9.17, 15) is 14.0 Å². The fraction of sp³-hybridized carbons (Fsp3) is 0.364. The molecule has 1 aliphatic heterocycles. The molecule has 0 saturated carbocycles. The van der Waals surface area contributed by atoms with Gasteiger partial charge in [-0.2, -0.15) is 0 Å². The van der Waals surface area contributed by atoms with Gasteiger partial charge in [0.15, 0.2) is 0 Å². The van der Waals surface area contributed by atoms with Crippen molar-refractivity contribution in [1.82, 2.24) is 9.80 Å². The molecular formula is C22H25FN2O3. The largest absolute Gasteiger partial charge is 0.494 e. The summed E-state index contributed by atoms with van der Waals surface area (Å²) in [5.74, 6) is 0.403. The van der Waals surface area contributed by atoms with Gasteiger partial charge in [0.25, 0.3) is 5.91 Å². The molecule has 2 amide bonds. The number of hydrogen-bond donors (Lipinski definition) is 0. The summed E-state index contributed by atoms with van der Waals surface area (Å²) in [6.07, 6.45) is 0.977. The summed E-state index contributed by atoms with van der Waals surface area (Å²) in [7, 11) is 0. The molecule has 0 radical (unpaired) electrons. The normalized spacial score (nSPS) is 14.5. The van der Waals surface area contributed by atoms with Crippen molar-refractivity contribution >= 4 is 11.8 Å². The van der Waals surface area contributed by atoms with Gasteiger partial charge in [0.05, 0.1) is 13.0 Å². The first-order valence-corrected chi connectivity index (χ1v) is 9.61. The molecule has 2 aromatic carbocycles. The first-order valence-electron chi connectivity index (χ1n) is 9.61. The third-order valence-electron chi connectivity index (χ3n) is 4.82. The maximum atomic E-state index is 13.0. The van der Waals surface area contributed by atoms with E-state index in [1.54, 1.807) is 46.2 Å². The summed E-state index contributed by atoms with van der Waals surface area (Å²) < 4.78 is 18.4. The maximum Gasteiger partial charge on any atom is 0.253 e. The van der Waals surface area contributed by atoms with Crippen molar-refractivity contribution in [2.75, 3.05) is 32.8 Å². The monoisotopic (exact) mass is 384 g/mol. The minimum absolute atomic E-state index is 0.00183. The summed E-state index contributed by atoms with van der Waals surface area (Å²) in [6.45, 7) is 4.74. The van der Waals surface area contributed by atoms with Gasteiger partial charge in [0.1, 0.15) is 11.6 Å². The number of carbonyl (C=O) groups is 2. The molecule has 148 valence electrons. The van der Waals surface area contributed by atoms with E-state index in [2.05, 4.69) is 0 Å². The van der Waals surface area contributed by atoms with Crippen molar-refractivity contribution in [2.45, 2.75) is 19.8 Å². The van der Waals surface area contributed by atoms with Crippen LogP contribution >= 0.6 is 0 Å². The molecule has 1 heterocycles. The Morgan fingerprint density at radius 3 is 2.25 bits per heavy atom. The predicted octanol–water partition coefficient (Wildman–Crippen LogP) is 3.14. The van der Waals surface area contributed by atoms with Crippen molar-refractivity contribution in [2.24, 2.45) is 0 Å². The summed E-state index contributed by atoms with van der Waals surface area (Å²) in [6, 6.07) is 13.1. The lowest BCUT2D eigenvalue weighted by Gasteiger charge is -2.22. The zero-order chi connectivity index (χ0) is 19.9. The van der Waals surface area contributed by atoms with Crippen molar-refractivity contribution in [3.05, 3.63) is 65.5 Å². The Labute approximate surface area is 164 Å². The minimum Gasteiger partial charge on any atom is -0.494 e. The molecule has 2 aromatic rings. The molecule has 0 unspecified atom stereocenters. The Morgan fingerprint density at radius 2 is 1.57 bits per heavy atom. The summed E-state index contributed by atoms with van der Waals surface area (Å²) in [4.78, 5) is 28.9. The highest BCUT2D eigenvalue weighted by atomic mass is 19.1. The maximum absolute atomic E-state index is 13.0. The third-order valence-corrected chi connectivity index (χ3v) is 4.82. The van der Waals surface area contributed by atoms with Crippen molar-refractivity contribution in [3.63, 3.8) is 0 Å². The number of carbonyl (C=O) groups excluding carboxylic acids is 2. The highest BCUT2D eigenvalue weighted by Crippen LogP contribution is 2.15. The van der Waals surface area contributed by atoms with Crippen LogP contribution in [0, 0.1) is 5.82 Å². The van der Waals surface area contributed by atoms with E-state index >= 15 is 0 Å². The third kappa shape index (κ3) is 5.09. The van der Waals surface area contributed by atoms with Gasteiger partial charge in [-0.05, 0) is 55.3 Å². The van der Waals surface area contributed by atoms with E-state index in [-0.39, 0.29) is 24.1 Å². The summed E-state index contributed by atoms with van der Waals surface area (Å²) >= 11 is 0. The van der Waals surface area contributed by atoms with Crippen LogP contribution in [0.15, 0.2) is 48.5 Å². The van der Waals surface area contributed by atoms with Crippen LogP contribution in [0.25, 0.3) is 0 Å². The lowest BCUT2D eigenvalue weighted by molar-refractivity contribution is -0.130. The Hall–Kier alpha value is -2.89. The van der Waals surface area contributed by atoms with Crippen LogP contribution in [0.1, 0.15) is 29.3 Å². The molecule has 0 aromatic heterocycles. The second-order valence-corrected chi connectivity index (χ2v) is 6.79. The van der Waals surface area contributed by atoms with Crippen molar-refractivity contribution in [3.8, 4) is 5.75 Å². The number of benzene rings is 2. The molecule has 0 aliphatic carbocycles. The molecule has 0 spiro atoms. The Kier molecular flexibility index (Phi) is 6.63. The van der Waals surface area contributed by atoms with Gasteiger partial charge in [-0.15, -0.1) is 0 Å². The molecule has 5 nitrogen and oxygen atoms in total. The first-order chi connectivity index (χ1) is 13.6. The smallest absolute Gasteiger partial charge is 0.253 e. The lowest BCUT2D eigenvalue weighted by atomic mass is 10.1. The fourth-order valence-corrected chi connectivity index (χ4v) is 3.30. The topological polar surface area (TPSA) is 49.9 Å². The Bertz CT molecular complexity index is 806. The van der Waals surface area contributed by atoms with Crippen LogP contribution in [0.3, 0.4) is 0 Å². The van der Waals surface area contributed by atoms with Gasteiger partial charge in [0, 0.05) is 31.7 Å². The van der Waals surface area contributed by atoms with Gasteiger partial charge in [0.2, 0.25) is 5.91 Å². The SMILES string of the molecule is CCOc1ccc(C(=O)N2CCCN(C(=O)Cc3ccc(F)cc3)CC2)cc1. The lowest BCUT2D eigenvalue weighted by Crippen LogP contribution is -2.38. The van der Waals surface area contributed by atoms with E-state index in [1.165, 1.54) is 12.1 Å². The Balaban J connectivity index is 1.57. The van der Waals surface area contributed by atoms with Crippen LogP contribution in [-0.2, 0) is 11.2 Å². The number of rotatable bonds is 5. The zero-order valence-corrected chi connectivity index (χ0v) is 16.1. The van der Waals surface area contributed by atoms with Gasteiger partial charge >= 0.3 is 0 Å². The average molecular weight is 384 g/mol. The standard InChI is InChI=1S/C22H25FN2O3/c1-2-28-20-10-6-18(7-11-20)22(27)25-13-3-12-24(14-15-25)21(26)16-17-4-8-19(23)9-5-17/h4-11H,2-3,12-16H2,1H3. The summed E-state index contributed by atoms with van der Waals surface area (Å²) in [5, 5.41) is 0. The van der Waals surface area contributed by atoms with Crippen LogP contribution in [-0.4, -0.2) is 54.4 Å². The van der Waals surface area contributed by atoms with Gasteiger partial charge in [-0.3, -0.25) is 9.59 Å². The van der Waals surface area contributed by atoms with E-state index in [0.29, 0.717) is 38.3 Å². The summed E-state index contributed by atoms with van der Waals surface area (Å²) in [5.41, 5.74) is 1.41. The van der Waals surface area contributed by atoms with Crippen molar-refractivity contribution in [1.29, 1.82) is 0 Å². The van der Waals surface area contributed by atoms with Crippen LogP contribution in [0.4, 0.5) is 4.39 Å². The molecule has 0 bridgehead atoms. The van der Waals surface area contributed by atoms with E-state index in [0.717, 1.165) is 17.7 Å². The molecular weight excluding hydrogens is 359 g/mol. The quantitative estimate of drug-likeness (QED) is 0.796. The van der Waals surface area contributed by atoms with Gasteiger partial charge < -0.3 is 14.5 Å². The predicted molar refractivity (Wildman–Crippen MR) is 105 cm³/mol. The van der Waals surface area contributed by atoms with E-state index < -0.39 is 0 Å². The highest BCUT2D eigenvalue weighted by Gasteiger charge is 2.23. The molecule has 3 rings (SSSR count). The van der Waals surface area contributed by atoms with Crippen LogP contribution in [0.2, 0.25) is 0 Å². The molecule has 1 fully saturated rings. The molecule has 0 N–H and O–H groups in total. The first kappa shape index (κ1) is 19.9. The molecule has 1 saturated heterocycles. The molecule has 6 heteroatoms. The van der Waals surface area contributed by atoms with E-state index in [1.807, 2.05) is 6.92 Å². The van der Waals surface area contributed by atoms with Gasteiger partial charge in [-0.1, -0.05) is 12.1 Å². The number of amides is 2.